The van der Waals surface area contributed by atoms with Crippen LogP contribution in [0, 0.1) is 5.82 Å². The number of anilines is 1. The number of rotatable bonds is 7. The number of carbonyl (C=O) groups is 1. The molecule has 2 N–H and O–H groups in total. The van der Waals surface area contributed by atoms with E-state index in [2.05, 4.69) is 10.6 Å². The van der Waals surface area contributed by atoms with Gasteiger partial charge in [-0.25, -0.2) is 9.18 Å². The van der Waals surface area contributed by atoms with Crippen molar-refractivity contribution in [2.45, 2.75) is 12.8 Å². The fourth-order valence-electron chi connectivity index (χ4n) is 2.80. The van der Waals surface area contributed by atoms with Crippen molar-refractivity contribution in [2.24, 2.45) is 0 Å². The highest BCUT2D eigenvalue weighted by Gasteiger charge is 2.18. The summed E-state index contributed by atoms with van der Waals surface area (Å²) in [6.45, 7) is 0.591. The van der Waals surface area contributed by atoms with Gasteiger partial charge in [0.05, 0.1) is 12.7 Å². The van der Waals surface area contributed by atoms with Crippen LogP contribution in [0.5, 0.6) is 0 Å². The predicted molar refractivity (Wildman–Crippen MR) is 119 cm³/mol. The van der Waals surface area contributed by atoms with Gasteiger partial charge in [0.15, 0.2) is 5.11 Å². The van der Waals surface area contributed by atoms with Crippen LogP contribution in [0.25, 0.3) is 0 Å². The maximum atomic E-state index is 13.0. The molecule has 7 heteroatoms. The maximum Gasteiger partial charge on any atom is 0.340 e. The number of nitrogens with one attached hydrogen (secondary N) is 2. The number of esters is 1. The first-order chi connectivity index (χ1) is 14.0. The molecule has 3 rings (SSSR count). The molecule has 0 saturated heterocycles. The van der Waals surface area contributed by atoms with Crippen LogP contribution in [-0.2, 0) is 17.6 Å². The Morgan fingerprint density at radius 1 is 1.10 bits per heavy atom. The molecule has 0 radical (unpaired) electrons. The SMILES string of the molecule is COC(=O)c1cc(Cc2ccccc2)sc1NC(=S)NCCc1ccc(F)cc1. The zero-order chi connectivity index (χ0) is 20.6. The van der Waals surface area contributed by atoms with Gasteiger partial charge in [0, 0.05) is 17.8 Å². The number of benzene rings is 2. The molecule has 1 aromatic heterocycles. The smallest absolute Gasteiger partial charge is 0.340 e. The summed E-state index contributed by atoms with van der Waals surface area (Å²) >= 11 is 6.84. The lowest BCUT2D eigenvalue weighted by atomic mass is 10.1. The van der Waals surface area contributed by atoms with Crippen LogP contribution in [0.4, 0.5) is 9.39 Å². The lowest BCUT2D eigenvalue weighted by Crippen LogP contribution is -2.30. The van der Waals surface area contributed by atoms with E-state index in [1.54, 1.807) is 12.1 Å². The van der Waals surface area contributed by atoms with E-state index in [9.17, 15) is 9.18 Å². The van der Waals surface area contributed by atoms with Crippen LogP contribution in [-0.4, -0.2) is 24.7 Å². The van der Waals surface area contributed by atoms with Crippen LogP contribution >= 0.6 is 23.6 Å². The molecule has 0 atom stereocenters. The summed E-state index contributed by atoms with van der Waals surface area (Å²) in [5.41, 5.74) is 2.64. The topological polar surface area (TPSA) is 50.4 Å². The number of halogens is 1. The monoisotopic (exact) mass is 428 g/mol. The molecule has 29 heavy (non-hydrogen) atoms. The molecule has 0 unspecified atom stereocenters. The summed E-state index contributed by atoms with van der Waals surface area (Å²) in [6.07, 6.45) is 1.43. The van der Waals surface area contributed by atoms with Crippen molar-refractivity contribution in [3.63, 3.8) is 0 Å². The number of hydrogen-bond acceptors (Lipinski definition) is 4. The van der Waals surface area contributed by atoms with Crippen molar-refractivity contribution in [1.82, 2.24) is 5.32 Å². The summed E-state index contributed by atoms with van der Waals surface area (Å²) in [5.74, 6) is -0.657. The Morgan fingerprint density at radius 2 is 1.83 bits per heavy atom. The molecule has 1 heterocycles. The molecule has 2 aromatic carbocycles. The third-order valence-electron chi connectivity index (χ3n) is 4.25. The minimum absolute atomic E-state index is 0.252. The summed E-state index contributed by atoms with van der Waals surface area (Å²) < 4.78 is 17.9. The molecule has 4 nitrogen and oxygen atoms in total. The molecule has 0 aliphatic heterocycles. The van der Waals surface area contributed by atoms with Crippen LogP contribution in [0.1, 0.15) is 26.4 Å². The molecule has 0 amide bonds. The quantitative estimate of drug-likeness (QED) is 0.418. The van der Waals surface area contributed by atoms with Crippen molar-refractivity contribution in [1.29, 1.82) is 0 Å². The number of hydrogen-bond donors (Lipinski definition) is 2. The Labute approximate surface area is 178 Å². The molecular formula is C22H21FN2O2S2. The van der Waals surface area contributed by atoms with Crippen molar-refractivity contribution in [2.75, 3.05) is 19.0 Å². The Morgan fingerprint density at radius 3 is 2.52 bits per heavy atom. The third kappa shape index (κ3) is 6.10. The van der Waals surface area contributed by atoms with Crippen LogP contribution in [0.15, 0.2) is 60.7 Å². The summed E-state index contributed by atoms with van der Waals surface area (Å²) in [4.78, 5) is 13.2. The van der Waals surface area contributed by atoms with E-state index in [1.165, 1.54) is 30.6 Å². The number of thiophene rings is 1. The molecule has 0 aliphatic rings. The molecule has 3 aromatic rings. The van der Waals surface area contributed by atoms with Gasteiger partial charge in [-0.05, 0) is 48.0 Å². The molecular weight excluding hydrogens is 407 g/mol. The standard InChI is InChI=1S/C22H21FN2O2S2/c1-27-21(26)19-14-18(13-16-5-3-2-4-6-16)29-20(19)25-22(28)24-12-11-15-7-9-17(23)10-8-15/h2-10,14H,11-13H2,1H3,(H2,24,25,28). The van der Waals surface area contributed by atoms with Gasteiger partial charge in [0.25, 0.3) is 0 Å². The first-order valence-electron chi connectivity index (χ1n) is 9.09. The summed E-state index contributed by atoms with van der Waals surface area (Å²) in [6, 6.07) is 18.3. The van der Waals surface area contributed by atoms with Gasteiger partial charge < -0.3 is 15.4 Å². The third-order valence-corrected chi connectivity index (χ3v) is 5.55. The second-order valence-corrected chi connectivity index (χ2v) is 7.91. The van der Waals surface area contributed by atoms with Gasteiger partial charge in [-0.3, -0.25) is 0 Å². The van der Waals surface area contributed by atoms with Crippen LogP contribution in [0.2, 0.25) is 0 Å². The lowest BCUT2D eigenvalue weighted by molar-refractivity contribution is 0.0602. The fraction of sp³-hybridized carbons (Fsp3) is 0.182. The number of carbonyl (C=O) groups excluding carboxylic acids is 1. The maximum absolute atomic E-state index is 13.0. The summed E-state index contributed by atoms with van der Waals surface area (Å²) in [7, 11) is 1.36. The van der Waals surface area contributed by atoms with Crippen LogP contribution in [0.3, 0.4) is 0 Å². The predicted octanol–water partition coefficient (Wildman–Crippen LogP) is 4.79. The van der Waals surface area contributed by atoms with Gasteiger partial charge in [-0.15, -0.1) is 11.3 Å². The lowest BCUT2D eigenvalue weighted by Gasteiger charge is -2.10. The van der Waals surface area contributed by atoms with Crippen molar-refractivity contribution < 1.29 is 13.9 Å². The molecule has 0 aliphatic carbocycles. The average Bonchev–Trinajstić information content (AvgIpc) is 3.11. The minimum Gasteiger partial charge on any atom is -0.465 e. The van der Waals surface area contributed by atoms with E-state index in [1.807, 2.05) is 36.4 Å². The highest BCUT2D eigenvalue weighted by atomic mass is 32.1. The molecule has 0 fully saturated rings. The van der Waals surface area contributed by atoms with Crippen molar-refractivity contribution in [3.05, 3.63) is 88.0 Å². The molecule has 0 spiro atoms. The fourth-order valence-corrected chi connectivity index (χ4v) is 4.15. The van der Waals surface area contributed by atoms with E-state index >= 15 is 0 Å². The number of thiocarbonyl (C=S) groups is 1. The highest BCUT2D eigenvalue weighted by Crippen LogP contribution is 2.30. The molecule has 150 valence electrons. The van der Waals surface area contributed by atoms with Crippen molar-refractivity contribution in [3.8, 4) is 0 Å². The Bertz CT molecular complexity index is 972. The second-order valence-electron chi connectivity index (χ2n) is 6.37. The van der Waals surface area contributed by atoms with E-state index in [4.69, 9.17) is 17.0 Å². The minimum atomic E-state index is -0.405. The normalized spacial score (nSPS) is 10.4. The highest BCUT2D eigenvalue weighted by molar-refractivity contribution is 7.80. The van der Waals surface area contributed by atoms with E-state index < -0.39 is 5.97 Å². The summed E-state index contributed by atoms with van der Waals surface area (Å²) in [5, 5.41) is 7.30. The zero-order valence-electron chi connectivity index (χ0n) is 15.9. The van der Waals surface area contributed by atoms with E-state index in [-0.39, 0.29) is 5.82 Å². The van der Waals surface area contributed by atoms with Crippen LogP contribution < -0.4 is 10.6 Å². The Kier molecular flexibility index (Phi) is 7.32. The Balaban J connectivity index is 1.62. The molecule has 0 saturated carbocycles. The van der Waals surface area contributed by atoms with Gasteiger partial charge >= 0.3 is 5.97 Å². The largest absolute Gasteiger partial charge is 0.465 e. The zero-order valence-corrected chi connectivity index (χ0v) is 17.5. The number of methoxy groups -OCH3 is 1. The average molecular weight is 429 g/mol. The second kappa shape index (κ2) is 10.1. The van der Waals surface area contributed by atoms with E-state index in [0.29, 0.717) is 28.6 Å². The molecule has 0 bridgehead atoms. The van der Waals surface area contributed by atoms with Gasteiger partial charge in [-0.2, -0.15) is 0 Å². The van der Waals surface area contributed by atoms with E-state index in [0.717, 1.165) is 22.4 Å². The van der Waals surface area contributed by atoms with Crippen molar-refractivity contribution >= 4 is 39.6 Å². The number of ether oxygens (including phenoxy) is 1. The Hall–Kier alpha value is -2.77. The first-order valence-corrected chi connectivity index (χ1v) is 10.3. The van der Waals surface area contributed by atoms with Gasteiger partial charge in [-0.1, -0.05) is 42.5 Å². The van der Waals surface area contributed by atoms with Gasteiger partial charge in [0.1, 0.15) is 10.8 Å². The van der Waals surface area contributed by atoms with Gasteiger partial charge in [0.2, 0.25) is 0 Å². The first kappa shape index (κ1) is 21.0.